The zero-order valence-electron chi connectivity index (χ0n) is 14.2. The van der Waals surface area contributed by atoms with E-state index in [1.807, 2.05) is 0 Å². The number of thioether (sulfide) groups is 1. The summed E-state index contributed by atoms with van der Waals surface area (Å²) < 4.78 is 44.1. The molecule has 1 aliphatic rings. The number of rotatable bonds is 5. The zero-order valence-corrected chi connectivity index (χ0v) is 15.7. The maximum Gasteiger partial charge on any atom is 0.416 e. The first-order chi connectivity index (χ1) is 13.3. The van der Waals surface area contributed by atoms with Crippen molar-refractivity contribution >= 4 is 40.7 Å². The Hall–Kier alpha value is -2.52. The van der Waals surface area contributed by atoms with E-state index in [9.17, 15) is 18.0 Å². The van der Waals surface area contributed by atoms with E-state index < -0.39 is 11.7 Å². The molecule has 0 aliphatic carbocycles. The van der Waals surface area contributed by atoms with Crippen LogP contribution < -0.4 is 10.1 Å². The molecule has 5 nitrogen and oxygen atoms in total. The van der Waals surface area contributed by atoms with Crippen molar-refractivity contribution in [2.24, 2.45) is 10.2 Å². The molecule has 1 N–H and O–H groups in total. The molecule has 2 aromatic carbocycles. The maximum absolute atomic E-state index is 12.8. The molecule has 0 unspecified atom stereocenters. The van der Waals surface area contributed by atoms with E-state index in [0.29, 0.717) is 27.1 Å². The molecule has 10 heteroatoms. The number of nitrogens with zero attached hydrogens (tertiary/aromatic N) is 2. The molecule has 1 amide bonds. The fourth-order valence-corrected chi connectivity index (χ4v) is 3.08. The number of nitrogens with one attached hydrogen (secondary N) is 1. The molecule has 1 fully saturated rings. The number of amides is 1. The van der Waals surface area contributed by atoms with E-state index in [0.717, 1.165) is 12.1 Å². The average molecular weight is 428 g/mol. The van der Waals surface area contributed by atoms with Crippen LogP contribution >= 0.6 is 23.4 Å². The van der Waals surface area contributed by atoms with Crippen LogP contribution in [0.1, 0.15) is 16.7 Å². The van der Waals surface area contributed by atoms with Crippen molar-refractivity contribution in [2.45, 2.75) is 12.8 Å². The Bertz CT molecular complexity index is 948. The Morgan fingerprint density at radius 1 is 1.25 bits per heavy atom. The van der Waals surface area contributed by atoms with E-state index in [2.05, 4.69) is 15.5 Å². The summed E-state index contributed by atoms with van der Waals surface area (Å²) in [6.45, 7) is -0.0627. The van der Waals surface area contributed by atoms with E-state index >= 15 is 0 Å². The standard InChI is InChI=1S/C18H13ClF3N3O2S/c19-14-4-5-15(12(7-14)8-23-25-17-24-16(26)10-28-17)27-9-11-2-1-3-13(6-11)18(20,21)22/h1-8H,9-10H2,(H,24,25,26). The summed E-state index contributed by atoms with van der Waals surface area (Å²) in [6, 6.07) is 9.70. The lowest BCUT2D eigenvalue weighted by molar-refractivity contribution is -0.137. The SMILES string of the molecule is O=C1CSC(=NN=Cc2cc(Cl)ccc2OCc2cccc(C(F)(F)F)c2)N1. The molecule has 0 aromatic heterocycles. The van der Waals surface area contributed by atoms with Crippen LogP contribution in [-0.2, 0) is 17.6 Å². The van der Waals surface area contributed by atoms with Gasteiger partial charge in [-0.25, -0.2) is 0 Å². The molecule has 0 spiro atoms. The topological polar surface area (TPSA) is 63.0 Å². The average Bonchev–Trinajstić information content (AvgIpc) is 3.06. The Kier molecular flexibility index (Phi) is 6.25. The highest BCUT2D eigenvalue weighted by molar-refractivity contribution is 8.15. The molecule has 0 bridgehead atoms. The number of ether oxygens (including phenoxy) is 1. The van der Waals surface area contributed by atoms with Gasteiger partial charge in [-0.05, 0) is 35.9 Å². The van der Waals surface area contributed by atoms with Gasteiger partial charge >= 0.3 is 6.18 Å². The fourth-order valence-electron chi connectivity index (χ4n) is 2.27. The summed E-state index contributed by atoms with van der Waals surface area (Å²) in [5, 5.41) is 11.2. The van der Waals surface area contributed by atoms with Crippen molar-refractivity contribution in [3.8, 4) is 5.75 Å². The Balaban J connectivity index is 1.73. The number of hydrogen-bond acceptors (Lipinski definition) is 5. The number of hydrogen-bond donors (Lipinski definition) is 1. The first-order valence-corrected chi connectivity index (χ1v) is 9.30. The van der Waals surface area contributed by atoms with Gasteiger partial charge in [0, 0.05) is 10.6 Å². The Labute approximate surface area is 167 Å². The first kappa shape index (κ1) is 20.2. The molecule has 1 heterocycles. The predicted octanol–water partition coefficient (Wildman–Crippen LogP) is 4.49. The maximum atomic E-state index is 12.8. The van der Waals surface area contributed by atoms with Crippen LogP contribution in [0.2, 0.25) is 5.02 Å². The third kappa shape index (κ3) is 5.49. The molecule has 28 heavy (non-hydrogen) atoms. The summed E-state index contributed by atoms with van der Waals surface area (Å²) in [5.74, 6) is 0.525. The van der Waals surface area contributed by atoms with Crippen LogP contribution in [0.15, 0.2) is 52.7 Å². The third-order valence-electron chi connectivity index (χ3n) is 3.55. The predicted molar refractivity (Wildman–Crippen MR) is 103 cm³/mol. The molecule has 1 saturated heterocycles. The number of alkyl halides is 3. The second-order valence-electron chi connectivity index (χ2n) is 5.66. The Morgan fingerprint density at radius 3 is 2.79 bits per heavy atom. The normalized spacial score (nSPS) is 16.0. The van der Waals surface area contributed by atoms with Gasteiger partial charge in [0.25, 0.3) is 0 Å². The highest BCUT2D eigenvalue weighted by atomic mass is 35.5. The van der Waals surface area contributed by atoms with E-state index in [4.69, 9.17) is 16.3 Å². The van der Waals surface area contributed by atoms with Crippen LogP contribution in [0.25, 0.3) is 0 Å². The van der Waals surface area contributed by atoms with Crippen LogP contribution in [0.3, 0.4) is 0 Å². The van der Waals surface area contributed by atoms with Crippen molar-refractivity contribution < 1.29 is 22.7 Å². The summed E-state index contributed by atoms with van der Waals surface area (Å²) >= 11 is 7.22. The smallest absolute Gasteiger partial charge is 0.416 e. The molecule has 1 aliphatic heterocycles. The number of carbonyl (C=O) groups is 1. The van der Waals surface area contributed by atoms with Crippen molar-refractivity contribution in [1.82, 2.24) is 5.32 Å². The second kappa shape index (κ2) is 8.66. The van der Waals surface area contributed by atoms with Gasteiger partial charge in [0.1, 0.15) is 12.4 Å². The molecular weight excluding hydrogens is 415 g/mol. The fraction of sp³-hybridized carbons (Fsp3) is 0.167. The highest BCUT2D eigenvalue weighted by Gasteiger charge is 2.30. The van der Waals surface area contributed by atoms with Gasteiger partial charge in [0.15, 0.2) is 5.17 Å². The summed E-state index contributed by atoms with van der Waals surface area (Å²) in [7, 11) is 0. The summed E-state index contributed by atoms with van der Waals surface area (Å²) in [5.41, 5.74) is 0.134. The van der Waals surface area contributed by atoms with Gasteiger partial charge in [-0.1, -0.05) is 35.5 Å². The molecule has 0 radical (unpaired) electrons. The minimum absolute atomic E-state index is 0.0627. The van der Waals surface area contributed by atoms with Gasteiger partial charge in [-0.3, -0.25) is 4.79 Å². The lowest BCUT2D eigenvalue weighted by Gasteiger charge is -2.11. The minimum atomic E-state index is -4.42. The van der Waals surface area contributed by atoms with Crippen molar-refractivity contribution in [1.29, 1.82) is 0 Å². The molecule has 146 valence electrons. The molecule has 0 atom stereocenters. The van der Waals surface area contributed by atoms with Crippen LogP contribution in [0, 0.1) is 0 Å². The van der Waals surface area contributed by atoms with Crippen molar-refractivity contribution in [2.75, 3.05) is 5.75 Å². The summed E-state index contributed by atoms with van der Waals surface area (Å²) in [6.07, 6.45) is -3.02. The number of benzene rings is 2. The van der Waals surface area contributed by atoms with E-state index in [-0.39, 0.29) is 18.3 Å². The lowest BCUT2D eigenvalue weighted by atomic mass is 10.1. The second-order valence-corrected chi connectivity index (χ2v) is 7.06. The van der Waals surface area contributed by atoms with Gasteiger partial charge in [0.2, 0.25) is 5.91 Å². The largest absolute Gasteiger partial charge is 0.488 e. The minimum Gasteiger partial charge on any atom is -0.488 e. The number of halogens is 4. The van der Waals surface area contributed by atoms with Gasteiger partial charge < -0.3 is 10.1 Å². The van der Waals surface area contributed by atoms with E-state index in [1.165, 1.54) is 24.0 Å². The van der Waals surface area contributed by atoms with Crippen LogP contribution in [0.4, 0.5) is 13.2 Å². The van der Waals surface area contributed by atoms with Crippen molar-refractivity contribution in [3.63, 3.8) is 0 Å². The highest BCUT2D eigenvalue weighted by Crippen LogP contribution is 2.30. The quantitative estimate of drug-likeness (QED) is 0.565. The van der Waals surface area contributed by atoms with Gasteiger partial charge in [-0.15, -0.1) is 5.10 Å². The molecule has 3 rings (SSSR count). The Morgan fingerprint density at radius 2 is 2.07 bits per heavy atom. The number of amidine groups is 1. The first-order valence-electron chi connectivity index (χ1n) is 7.93. The number of carbonyl (C=O) groups excluding carboxylic acids is 1. The van der Waals surface area contributed by atoms with Gasteiger partial charge in [-0.2, -0.15) is 18.3 Å². The lowest BCUT2D eigenvalue weighted by Crippen LogP contribution is -2.19. The monoisotopic (exact) mass is 427 g/mol. The summed E-state index contributed by atoms with van der Waals surface area (Å²) in [4.78, 5) is 11.1. The van der Waals surface area contributed by atoms with Crippen LogP contribution in [-0.4, -0.2) is 23.0 Å². The van der Waals surface area contributed by atoms with Crippen LogP contribution in [0.5, 0.6) is 5.75 Å². The third-order valence-corrected chi connectivity index (χ3v) is 4.65. The van der Waals surface area contributed by atoms with E-state index in [1.54, 1.807) is 24.3 Å². The molecule has 2 aromatic rings. The zero-order chi connectivity index (χ0) is 20.1. The van der Waals surface area contributed by atoms with Crippen molar-refractivity contribution in [3.05, 3.63) is 64.2 Å². The molecule has 0 saturated carbocycles. The van der Waals surface area contributed by atoms with Gasteiger partial charge in [0.05, 0.1) is 17.5 Å². The molecular formula is C18H13ClF3N3O2S.